The summed E-state index contributed by atoms with van der Waals surface area (Å²) >= 11 is 0. The monoisotopic (exact) mass is 218 g/mol. The average molecular weight is 218 g/mol. The largest absolute Gasteiger partial charge is 0.481 e. The van der Waals surface area contributed by atoms with Crippen LogP contribution in [-0.4, -0.2) is 20.5 Å². The first-order valence-electron chi connectivity index (χ1n) is 5.23. The van der Waals surface area contributed by atoms with Crippen molar-refractivity contribution in [2.75, 3.05) is 0 Å². The second-order valence-corrected chi connectivity index (χ2v) is 4.13. The van der Waals surface area contributed by atoms with Crippen molar-refractivity contribution >= 4 is 11.5 Å². The molecule has 84 valence electrons. The van der Waals surface area contributed by atoms with Crippen molar-refractivity contribution in [3.05, 3.63) is 35.9 Å². The first-order chi connectivity index (χ1) is 7.58. The SMILES string of the molecule is Cc1ccc2c(CC(C)C(=O)O)ncn2c1. The minimum absolute atomic E-state index is 0.403. The van der Waals surface area contributed by atoms with Crippen LogP contribution in [0.15, 0.2) is 24.7 Å². The predicted octanol–water partition coefficient (Wildman–Crippen LogP) is 1.91. The van der Waals surface area contributed by atoms with Gasteiger partial charge in [0.15, 0.2) is 0 Å². The Morgan fingerprint density at radius 3 is 3.00 bits per heavy atom. The fraction of sp³-hybridized carbons (Fsp3) is 0.333. The van der Waals surface area contributed by atoms with Crippen molar-refractivity contribution in [3.63, 3.8) is 0 Å². The standard InChI is InChI=1S/C12H14N2O2/c1-8-3-4-11-10(5-9(2)12(15)16)13-7-14(11)6-8/h3-4,6-7,9H,5H2,1-2H3,(H,15,16). The topological polar surface area (TPSA) is 54.6 Å². The molecular formula is C12H14N2O2. The van der Waals surface area contributed by atoms with Gasteiger partial charge in [-0.05, 0) is 18.6 Å². The van der Waals surface area contributed by atoms with Crippen molar-refractivity contribution in [2.24, 2.45) is 5.92 Å². The van der Waals surface area contributed by atoms with Gasteiger partial charge in [0.25, 0.3) is 0 Å². The third-order valence-corrected chi connectivity index (χ3v) is 2.68. The lowest BCUT2D eigenvalue weighted by Crippen LogP contribution is -2.12. The Hall–Kier alpha value is -1.84. The molecule has 2 heterocycles. The zero-order chi connectivity index (χ0) is 11.7. The lowest BCUT2D eigenvalue weighted by Gasteiger charge is -2.04. The molecule has 0 aliphatic rings. The molecule has 0 bridgehead atoms. The van der Waals surface area contributed by atoms with Crippen LogP contribution >= 0.6 is 0 Å². The minimum atomic E-state index is -0.784. The maximum absolute atomic E-state index is 10.8. The Morgan fingerprint density at radius 1 is 1.56 bits per heavy atom. The van der Waals surface area contributed by atoms with Crippen LogP contribution in [0.25, 0.3) is 5.52 Å². The quantitative estimate of drug-likeness (QED) is 0.856. The summed E-state index contributed by atoms with van der Waals surface area (Å²) in [6, 6.07) is 3.98. The predicted molar refractivity (Wildman–Crippen MR) is 60.4 cm³/mol. The Morgan fingerprint density at radius 2 is 2.31 bits per heavy atom. The molecule has 2 aromatic rings. The number of imidazole rings is 1. The highest BCUT2D eigenvalue weighted by atomic mass is 16.4. The minimum Gasteiger partial charge on any atom is -0.481 e. The number of hydrogen-bond acceptors (Lipinski definition) is 2. The van der Waals surface area contributed by atoms with Crippen LogP contribution in [0.4, 0.5) is 0 Å². The molecule has 2 aromatic heterocycles. The van der Waals surface area contributed by atoms with Gasteiger partial charge in [0, 0.05) is 12.6 Å². The van der Waals surface area contributed by atoms with Gasteiger partial charge in [0.05, 0.1) is 23.5 Å². The molecule has 2 rings (SSSR count). The van der Waals surface area contributed by atoms with Gasteiger partial charge in [-0.25, -0.2) is 4.98 Å². The number of aliphatic carboxylic acids is 1. The first kappa shape index (κ1) is 10.7. The maximum Gasteiger partial charge on any atom is 0.306 e. The summed E-state index contributed by atoms with van der Waals surface area (Å²) in [7, 11) is 0. The van der Waals surface area contributed by atoms with Crippen molar-refractivity contribution in [1.82, 2.24) is 9.38 Å². The number of nitrogens with zero attached hydrogens (tertiary/aromatic N) is 2. The summed E-state index contributed by atoms with van der Waals surface area (Å²) in [5.74, 6) is -1.19. The van der Waals surface area contributed by atoms with Crippen LogP contribution in [0.2, 0.25) is 0 Å². The van der Waals surface area contributed by atoms with E-state index in [1.807, 2.05) is 29.7 Å². The molecule has 0 aliphatic heterocycles. The van der Waals surface area contributed by atoms with Gasteiger partial charge in [0.2, 0.25) is 0 Å². The summed E-state index contributed by atoms with van der Waals surface area (Å²) in [5.41, 5.74) is 2.98. The number of aryl methyl sites for hydroxylation is 1. The van der Waals surface area contributed by atoms with Gasteiger partial charge >= 0.3 is 5.97 Å². The number of fused-ring (bicyclic) bond motifs is 1. The second-order valence-electron chi connectivity index (χ2n) is 4.13. The fourth-order valence-corrected chi connectivity index (χ4v) is 1.70. The van der Waals surface area contributed by atoms with Gasteiger partial charge in [-0.1, -0.05) is 13.0 Å². The lowest BCUT2D eigenvalue weighted by atomic mass is 10.1. The molecule has 0 fully saturated rings. The van der Waals surface area contributed by atoms with E-state index in [0.717, 1.165) is 16.8 Å². The molecule has 1 unspecified atom stereocenters. The smallest absolute Gasteiger partial charge is 0.306 e. The molecule has 0 saturated carbocycles. The third kappa shape index (κ3) is 1.91. The Labute approximate surface area is 93.5 Å². The number of carboxylic acids is 1. The van der Waals surface area contributed by atoms with E-state index in [-0.39, 0.29) is 0 Å². The normalized spacial score (nSPS) is 12.9. The lowest BCUT2D eigenvalue weighted by molar-refractivity contribution is -0.141. The van der Waals surface area contributed by atoms with Crippen LogP contribution in [0.3, 0.4) is 0 Å². The van der Waals surface area contributed by atoms with Crippen LogP contribution < -0.4 is 0 Å². The van der Waals surface area contributed by atoms with E-state index in [9.17, 15) is 4.79 Å². The Bertz CT molecular complexity index is 531. The molecule has 0 amide bonds. The maximum atomic E-state index is 10.8. The number of aromatic nitrogens is 2. The van der Waals surface area contributed by atoms with E-state index in [0.29, 0.717) is 6.42 Å². The molecule has 4 nitrogen and oxygen atoms in total. The Balaban J connectivity index is 2.35. The van der Waals surface area contributed by atoms with Gasteiger partial charge in [-0.2, -0.15) is 0 Å². The summed E-state index contributed by atoms with van der Waals surface area (Å²) in [6.07, 6.45) is 4.18. The van der Waals surface area contributed by atoms with Crippen molar-refractivity contribution in [1.29, 1.82) is 0 Å². The number of carboxylic acid groups (broad SMARTS) is 1. The molecule has 0 spiro atoms. The zero-order valence-electron chi connectivity index (χ0n) is 9.34. The zero-order valence-corrected chi connectivity index (χ0v) is 9.34. The molecule has 0 radical (unpaired) electrons. The molecule has 1 N–H and O–H groups in total. The van der Waals surface area contributed by atoms with E-state index in [4.69, 9.17) is 5.11 Å². The first-order valence-corrected chi connectivity index (χ1v) is 5.23. The van der Waals surface area contributed by atoms with E-state index < -0.39 is 11.9 Å². The summed E-state index contributed by atoms with van der Waals surface area (Å²) in [5, 5.41) is 8.86. The summed E-state index contributed by atoms with van der Waals surface area (Å²) in [6.45, 7) is 3.71. The number of pyridine rings is 1. The second kappa shape index (κ2) is 3.96. The van der Waals surface area contributed by atoms with Crippen LogP contribution in [0, 0.1) is 12.8 Å². The van der Waals surface area contributed by atoms with E-state index in [1.54, 1.807) is 13.3 Å². The van der Waals surface area contributed by atoms with Crippen LogP contribution in [0.5, 0.6) is 0 Å². The molecule has 0 saturated heterocycles. The van der Waals surface area contributed by atoms with Crippen molar-refractivity contribution < 1.29 is 9.90 Å². The summed E-state index contributed by atoms with van der Waals surface area (Å²) in [4.78, 5) is 15.0. The molecule has 0 aromatic carbocycles. The van der Waals surface area contributed by atoms with Crippen molar-refractivity contribution in [3.8, 4) is 0 Å². The fourth-order valence-electron chi connectivity index (χ4n) is 1.70. The number of carbonyl (C=O) groups is 1. The molecule has 1 atom stereocenters. The average Bonchev–Trinajstić information content (AvgIpc) is 2.60. The van der Waals surface area contributed by atoms with E-state index in [2.05, 4.69) is 4.98 Å². The third-order valence-electron chi connectivity index (χ3n) is 2.68. The molecule has 4 heteroatoms. The van der Waals surface area contributed by atoms with Gasteiger partial charge in [-0.3, -0.25) is 4.79 Å². The van der Waals surface area contributed by atoms with Gasteiger partial charge in [0.1, 0.15) is 0 Å². The van der Waals surface area contributed by atoms with Crippen LogP contribution in [-0.2, 0) is 11.2 Å². The highest BCUT2D eigenvalue weighted by molar-refractivity contribution is 5.70. The molecular weight excluding hydrogens is 204 g/mol. The van der Waals surface area contributed by atoms with E-state index in [1.165, 1.54) is 0 Å². The molecule has 16 heavy (non-hydrogen) atoms. The summed E-state index contributed by atoms with van der Waals surface area (Å²) < 4.78 is 1.93. The number of hydrogen-bond donors (Lipinski definition) is 1. The molecule has 0 aliphatic carbocycles. The van der Waals surface area contributed by atoms with Crippen molar-refractivity contribution in [2.45, 2.75) is 20.3 Å². The van der Waals surface area contributed by atoms with Gasteiger partial charge < -0.3 is 9.51 Å². The van der Waals surface area contributed by atoms with Gasteiger partial charge in [-0.15, -0.1) is 0 Å². The highest BCUT2D eigenvalue weighted by Gasteiger charge is 2.14. The highest BCUT2D eigenvalue weighted by Crippen LogP contribution is 2.15. The number of rotatable bonds is 3. The van der Waals surface area contributed by atoms with Crippen LogP contribution in [0.1, 0.15) is 18.2 Å². The Kier molecular flexibility index (Phi) is 2.64. The van der Waals surface area contributed by atoms with E-state index >= 15 is 0 Å².